The van der Waals surface area contributed by atoms with E-state index in [0.29, 0.717) is 31.2 Å². The van der Waals surface area contributed by atoms with Crippen LogP contribution in [0.2, 0.25) is 0 Å². The second-order valence-electron chi connectivity index (χ2n) is 6.44. The number of Topliss-reactive ketones (excluding diaryl/α,β-unsaturated/α-hetero) is 1. The zero-order chi connectivity index (χ0) is 13.3. The third-order valence-corrected chi connectivity index (χ3v) is 3.83. The number of carbonyl (C=O) groups excluding carboxylic acids is 2. The Morgan fingerprint density at radius 3 is 2.50 bits per heavy atom. The van der Waals surface area contributed by atoms with Gasteiger partial charge in [-0.25, -0.2) is 4.79 Å². The minimum Gasteiger partial charge on any atom is -0.444 e. The van der Waals surface area contributed by atoms with E-state index in [1.54, 1.807) is 4.90 Å². The molecule has 0 aromatic heterocycles. The third kappa shape index (κ3) is 3.03. The molecule has 18 heavy (non-hydrogen) atoms. The van der Waals surface area contributed by atoms with E-state index in [9.17, 15) is 9.59 Å². The van der Waals surface area contributed by atoms with Crippen LogP contribution in [0.25, 0.3) is 0 Å². The highest BCUT2D eigenvalue weighted by Crippen LogP contribution is 2.36. The molecule has 1 heterocycles. The SMILES string of the molecule is CC(C)(C)OC(=O)N1CCC(=O)[C@H](C2CCC2)C1. The van der Waals surface area contributed by atoms with Gasteiger partial charge in [-0.05, 0) is 39.5 Å². The summed E-state index contributed by atoms with van der Waals surface area (Å²) < 4.78 is 5.37. The molecule has 0 aromatic carbocycles. The predicted molar refractivity (Wildman–Crippen MR) is 68.3 cm³/mol. The summed E-state index contributed by atoms with van der Waals surface area (Å²) in [5.74, 6) is 0.891. The van der Waals surface area contributed by atoms with Crippen molar-refractivity contribution in [3.8, 4) is 0 Å². The van der Waals surface area contributed by atoms with Gasteiger partial charge in [-0.3, -0.25) is 4.79 Å². The highest BCUT2D eigenvalue weighted by Gasteiger charge is 2.38. The van der Waals surface area contributed by atoms with E-state index in [2.05, 4.69) is 0 Å². The van der Waals surface area contributed by atoms with Crippen LogP contribution in [0.3, 0.4) is 0 Å². The number of rotatable bonds is 1. The maximum Gasteiger partial charge on any atom is 0.410 e. The van der Waals surface area contributed by atoms with Crippen molar-refractivity contribution >= 4 is 11.9 Å². The van der Waals surface area contributed by atoms with Crippen LogP contribution in [0.5, 0.6) is 0 Å². The summed E-state index contributed by atoms with van der Waals surface area (Å²) in [6, 6.07) is 0. The van der Waals surface area contributed by atoms with Gasteiger partial charge in [0.25, 0.3) is 0 Å². The summed E-state index contributed by atoms with van der Waals surface area (Å²) in [6.45, 7) is 6.66. The molecular weight excluding hydrogens is 230 g/mol. The highest BCUT2D eigenvalue weighted by atomic mass is 16.6. The van der Waals surface area contributed by atoms with Crippen molar-refractivity contribution in [3.63, 3.8) is 0 Å². The molecule has 1 saturated carbocycles. The van der Waals surface area contributed by atoms with Crippen molar-refractivity contribution in [2.24, 2.45) is 11.8 Å². The van der Waals surface area contributed by atoms with Gasteiger partial charge in [-0.2, -0.15) is 0 Å². The number of ketones is 1. The Kier molecular flexibility index (Phi) is 3.64. The highest BCUT2D eigenvalue weighted by molar-refractivity contribution is 5.84. The minimum atomic E-state index is -0.468. The number of piperidine rings is 1. The first-order valence-electron chi connectivity index (χ1n) is 6.87. The van der Waals surface area contributed by atoms with E-state index < -0.39 is 5.60 Å². The Hall–Kier alpha value is -1.06. The standard InChI is InChI=1S/C14H23NO3/c1-14(2,3)18-13(17)15-8-7-12(16)11(9-15)10-5-4-6-10/h10-11H,4-9H2,1-3H3/t11-/m0/s1. The summed E-state index contributed by atoms with van der Waals surface area (Å²) in [6.07, 6.45) is 3.71. The smallest absolute Gasteiger partial charge is 0.410 e. The molecule has 0 aromatic rings. The molecule has 2 rings (SSSR count). The molecule has 0 radical (unpaired) electrons. The monoisotopic (exact) mass is 253 g/mol. The van der Waals surface area contributed by atoms with Crippen molar-refractivity contribution < 1.29 is 14.3 Å². The Labute approximate surface area is 109 Å². The van der Waals surface area contributed by atoms with Crippen molar-refractivity contribution in [1.82, 2.24) is 4.90 Å². The predicted octanol–water partition coefficient (Wildman–Crippen LogP) is 2.61. The van der Waals surface area contributed by atoms with E-state index in [-0.39, 0.29) is 12.0 Å². The molecule has 0 N–H and O–H groups in total. The van der Waals surface area contributed by atoms with Crippen LogP contribution in [0.1, 0.15) is 46.5 Å². The lowest BCUT2D eigenvalue weighted by Crippen LogP contribution is -2.49. The van der Waals surface area contributed by atoms with E-state index in [1.807, 2.05) is 20.8 Å². The number of hydrogen-bond acceptors (Lipinski definition) is 3. The van der Waals surface area contributed by atoms with Gasteiger partial charge in [-0.15, -0.1) is 0 Å². The fraction of sp³-hybridized carbons (Fsp3) is 0.857. The fourth-order valence-corrected chi connectivity index (χ4v) is 2.61. The maximum atomic E-state index is 12.0. The van der Waals surface area contributed by atoms with E-state index in [1.165, 1.54) is 6.42 Å². The molecular formula is C14H23NO3. The summed E-state index contributed by atoms with van der Waals surface area (Å²) in [5.41, 5.74) is -0.468. The molecule has 102 valence electrons. The van der Waals surface area contributed by atoms with E-state index >= 15 is 0 Å². The molecule has 4 heteroatoms. The van der Waals surface area contributed by atoms with Gasteiger partial charge in [0.2, 0.25) is 0 Å². The molecule has 0 unspecified atom stereocenters. The quantitative estimate of drug-likeness (QED) is 0.721. The van der Waals surface area contributed by atoms with Crippen LogP contribution >= 0.6 is 0 Å². The normalized spacial score (nSPS) is 25.8. The van der Waals surface area contributed by atoms with Crippen LogP contribution in [0.4, 0.5) is 4.79 Å². The van der Waals surface area contributed by atoms with Gasteiger partial charge in [0.1, 0.15) is 11.4 Å². The molecule has 1 aliphatic heterocycles. The van der Waals surface area contributed by atoms with Gasteiger partial charge in [0.05, 0.1) is 0 Å². The summed E-state index contributed by atoms with van der Waals surface area (Å²) in [5, 5.41) is 0. The Morgan fingerprint density at radius 1 is 1.33 bits per heavy atom. The summed E-state index contributed by atoms with van der Waals surface area (Å²) in [4.78, 5) is 25.6. The number of amides is 1. The molecule has 1 aliphatic carbocycles. The first-order chi connectivity index (χ1) is 8.37. The average molecular weight is 253 g/mol. The maximum absolute atomic E-state index is 12.0. The second kappa shape index (κ2) is 4.90. The topological polar surface area (TPSA) is 46.6 Å². The van der Waals surface area contributed by atoms with Gasteiger partial charge >= 0.3 is 6.09 Å². The number of carbonyl (C=O) groups is 2. The molecule has 0 bridgehead atoms. The van der Waals surface area contributed by atoms with Crippen molar-refractivity contribution in [2.75, 3.05) is 13.1 Å². The molecule has 4 nitrogen and oxygen atoms in total. The molecule has 1 atom stereocenters. The van der Waals surface area contributed by atoms with Gasteiger partial charge < -0.3 is 9.64 Å². The van der Waals surface area contributed by atoms with Crippen LogP contribution in [0, 0.1) is 11.8 Å². The first kappa shape index (κ1) is 13.4. The minimum absolute atomic E-state index is 0.0556. The summed E-state index contributed by atoms with van der Waals surface area (Å²) in [7, 11) is 0. The molecule has 1 saturated heterocycles. The van der Waals surface area contributed by atoms with Crippen molar-refractivity contribution in [3.05, 3.63) is 0 Å². The van der Waals surface area contributed by atoms with E-state index in [0.717, 1.165) is 12.8 Å². The number of hydrogen-bond donors (Lipinski definition) is 0. The Bertz CT molecular complexity index is 341. The van der Waals surface area contributed by atoms with Crippen molar-refractivity contribution in [1.29, 1.82) is 0 Å². The Balaban J connectivity index is 1.94. The molecule has 0 spiro atoms. The third-order valence-electron chi connectivity index (χ3n) is 3.83. The Morgan fingerprint density at radius 2 is 2.00 bits per heavy atom. The van der Waals surface area contributed by atoms with Crippen LogP contribution in [-0.2, 0) is 9.53 Å². The molecule has 2 aliphatic rings. The largest absolute Gasteiger partial charge is 0.444 e. The zero-order valence-electron chi connectivity index (χ0n) is 11.6. The van der Waals surface area contributed by atoms with Crippen LogP contribution in [-0.4, -0.2) is 35.5 Å². The number of nitrogens with zero attached hydrogens (tertiary/aromatic N) is 1. The number of ether oxygens (including phenoxy) is 1. The lowest BCUT2D eigenvalue weighted by Gasteiger charge is -2.39. The molecule has 1 amide bonds. The lowest BCUT2D eigenvalue weighted by atomic mass is 9.72. The fourth-order valence-electron chi connectivity index (χ4n) is 2.61. The molecule has 2 fully saturated rings. The van der Waals surface area contributed by atoms with E-state index in [4.69, 9.17) is 4.74 Å². The first-order valence-corrected chi connectivity index (χ1v) is 6.87. The van der Waals surface area contributed by atoms with Gasteiger partial charge in [-0.1, -0.05) is 6.42 Å². The lowest BCUT2D eigenvalue weighted by molar-refractivity contribution is -0.129. The van der Waals surface area contributed by atoms with Crippen LogP contribution < -0.4 is 0 Å². The van der Waals surface area contributed by atoms with Gasteiger partial charge in [0, 0.05) is 25.4 Å². The van der Waals surface area contributed by atoms with Crippen molar-refractivity contribution in [2.45, 2.75) is 52.1 Å². The second-order valence-corrected chi connectivity index (χ2v) is 6.44. The van der Waals surface area contributed by atoms with Gasteiger partial charge in [0.15, 0.2) is 0 Å². The zero-order valence-corrected chi connectivity index (χ0v) is 11.6. The average Bonchev–Trinajstić information content (AvgIpc) is 2.15. The summed E-state index contributed by atoms with van der Waals surface area (Å²) >= 11 is 0. The number of likely N-dealkylation sites (tertiary alicyclic amines) is 1. The van der Waals surface area contributed by atoms with Crippen LogP contribution in [0.15, 0.2) is 0 Å².